The van der Waals surface area contributed by atoms with Crippen molar-refractivity contribution >= 4 is 11.9 Å². The largest absolute Gasteiger partial charge is 0.466 e. The molecule has 0 amide bonds. The molecule has 0 aromatic heterocycles. The van der Waals surface area contributed by atoms with Gasteiger partial charge in [-0.25, -0.2) is 0 Å². The Morgan fingerprint density at radius 1 is 1.17 bits per heavy atom. The summed E-state index contributed by atoms with van der Waals surface area (Å²) in [7, 11) is 0. The topological polar surface area (TPSA) is 55.8 Å². The van der Waals surface area contributed by atoms with E-state index < -0.39 is 0 Å². The Labute approximate surface area is 108 Å². The lowest BCUT2D eigenvalue weighted by molar-refractivity contribution is -0.144. The molecule has 0 saturated carbocycles. The van der Waals surface area contributed by atoms with Gasteiger partial charge in [-0.1, -0.05) is 0 Å². The highest BCUT2D eigenvalue weighted by Gasteiger charge is 2.27. The van der Waals surface area contributed by atoms with Crippen molar-refractivity contribution in [1.82, 2.24) is 4.90 Å². The van der Waals surface area contributed by atoms with Crippen molar-refractivity contribution in [1.29, 1.82) is 0 Å². The molecule has 5 heteroatoms. The molecule has 0 N–H and O–H groups in total. The zero-order chi connectivity index (χ0) is 13.4. The van der Waals surface area contributed by atoms with E-state index in [1.165, 1.54) is 0 Å². The summed E-state index contributed by atoms with van der Waals surface area (Å²) < 4.78 is 9.85. The van der Waals surface area contributed by atoms with E-state index in [4.69, 9.17) is 9.47 Å². The number of ether oxygens (including phenoxy) is 2. The summed E-state index contributed by atoms with van der Waals surface area (Å²) in [6.45, 7) is 5.70. The summed E-state index contributed by atoms with van der Waals surface area (Å²) in [4.78, 5) is 24.8. The van der Waals surface area contributed by atoms with Crippen LogP contribution in [-0.2, 0) is 19.1 Å². The maximum atomic E-state index is 11.4. The Bertz CT molecular complexity index is 280. The SMILES string of the molecule is CCOC(=O)CCC1CCCN1CC(=O)OCC. The second-order valence-corrected chi connectivity index (χ2v) is 4.42. The molecule has 1 fully saturated rings. The van der Waals surface area contributed by atoms with Crippen LogP contribution < -0.4 is 0 Å². The molecule has 0 radical (unpaired) electrons. The van der Waals surface area contributed by atoms with Crippen molar-refractivity contribution in [3.63, 3.8) is 0 Å². The van der Waals surface area contributed by atoms with E-state index in [-0.39, 0.29) is 11.9 Å². The van der Waals surface area contributed by atoms with Gasteiger partial charge in [0.1, 0.15) is 0 Å². The normalized spacial score (nSPS) is 19.8. The highest BCUT2D eigenvalue weighted by Crippen LogP contribution is 2.21. The van der Waals surface area contributed by atoms with Gasteiger partial charge in [-0.3, -0.25) is 14.5 Å². The lowest BCUT2D eigenvalue weighted by Crippen LogP contribution is -2.35. The monoisotopic (exact) mass is 257 g/mol. The Hall–Kier alpha value is -1.10. The molecule has 1 aliphatic heterocycles. The van der Waals surface area contributed by atoms with Gasteiger partial charge in [0, 0.05) is 12.5 Å². The molecule has 1 saturated heterocycles. The molecule has 0 aromatic rings. The minimum absolute atomic E-state index is 0.152. The van der Waals surface area contributed by atoms with Gasteiger partial charge in [-0.05, 0) is 39.7 Å². The average Bonchev–Trinajstić information content (AvgIpc) is 2.74. The van der Waals surface area contributed by atoms with Gasteiger partial charge in [0.05, 0.1) is 19.8 Å². The van der Waals surface area contributed by atoms with Crippen molar-refractivity contribution in [3.05, 3.63) is 0 Å². The van der Waals surface area contributed by atoms with Crippen LogP contribution in [0.15, 0.2) is 0 Å². The van der Waals surface area contributed by atoms with Crippen LogP contribution in [0, 0.1) is 0 Å². The third kappa shape index (κ3) is 5.04. The molecule has 5 nitrogen and oxygen atoms in total. The van der Waals surface area contributed by atoms with Crippen LogP contribution in [-0.4, -0.2) is 49.2 Å². The van der Waals surface area contributed by atoms with E-state index in [1.54, 1.807) is 13.8 Å². The highest BCUT2D eigenvalue weighted by molar-refractivity contribution is 5.71. The van der Waals surface area contributed by atoms with Crippen molar-refractivity contribution in [2.24, 2.45) is 0 Å². The summed E-state index contributed by atoms with van der Waals surface area (Å²) >= 11 is 0. The summed E-state index contributed by atoms with van der Waals surface area (Å²) in [5.74, 6) is -0.332. The Morgan fingerprint density at radius 2 is 1.83 bits per heavy atom. The summed E-state index contributed by atoms with van der Waals surface area (Å²) in [6.07, 6.45) is 3.31. The van der Waals surface area contributed by atoms with Crippen molar-refractivity contribution in [2.45, 2.75) is 45.6 Å². The second kappa shape index (κ2) is 8.08. The van der Waals surface area contributed by atoms with Crippen LogP contribution in [0.2, 0.25) is 0 Å². The number of likely N-dealkylation sites (tertiary alicyclic amines) is 1. The summed E-state index contributed by atoms with van der Waals surface area (Å²) in [5, 5.41) is 0. The molecule has 0 bridgehead atoms. The molecular weight excluding hydrogens is 234 g/mol. The molecule has 1 atom stereocenters. The van der Waals surface area contributed by atoms with Crippen LogP contribution in [0.3, 0.4) is 0 Å². The van der Waals surface area contributed by atoms with Crippen molar-refractivity contribution < 1.29 is 19.1 Å². The van der Waals surface area contributed by atoms with Gasteiger partial charge in [0.15, 0.2) is 0 Å². The molecule has 18 heavy (non-hydrogen) atoms. The van der Waals surface area contributed by atoms with Crippen LogP contribution in [0.5, 0.6) is 0 Å². The number of hydrogen-bond donors (Lipinski definition) is 0. The Morgan fingerprint density at radius 3 is 2.50 bits per heavy atom. The van der Waals surface area contributed by atoms with Gasteiger partial charge in [-0.15, -0.1) is 0 Å². The predicted molar refractivity (Wildman–Crippen MR) is 67.1 cm³/mol. The van der Waals surface area contributed by atoms with E-state index in [1.807, 2.05) is 0 Å². The fourth-order valence-electron chi connectivity index (χ4n) is 2.32. The summed E-state index contributed by atoms with van der Waals surface area (Å²) in [6, 6.07) is 0.304. The van der Waals surface area contributed by atoms with E-state index >= 15 is 0 Å². The first-order valence-corrected chi connectivity index (χ1v) is 6.72. The van der Waals surface area contributed by atoms with E-state index in [0.29, 0.717) is 32.2 Å². The predicted octanol–water partition coefficient (Wildman–Crippen LogP) is 1.36. The standard InChI is InChI=1S/C13H23NO4/c1-3-17-12(15)8-7-11-6-5-9-14(11)10-13(16)18-4-2/h11H,3-10H2,1-2H3. The number of carbonyl (C=O) groups excluding carboxylic acids is 2. The molecule has 0 aliphatic carbocycles. The maximum absolute atomic E-state index is 11.4. The quantitative estimate of drug-likeness (QED) is 0.644. The van der Waals surface area contributed by atoms with Crippen LogP contribution >= 0.6 is 0 Å². The Kier molecular flexibility index (Phi) is 6.72. The van der Waals surface area contributed by atoms with Gasteiger partial charge in [0.2, 0.25) is 0 Å². The zero-order valence-corrected chi connectivity index (χ0v) is 11.3. The van der Waals surface area contributed by atoms with Gasteiger partial charge >= 0.3 is 11.9 Å². The minimum atomic E-state index is -0.180. The van der Waals surface area contributed by atoms with Crippen LogP contribution in [0.1, 0.15) is 39.5 Å². The zero-order valence-electron chi connectivity index (χ0n) is 11.3. The number of carbonyl (C=O) groups is 2. The molecule has 1 unspecified atom stereocenters. The Balaban J connectivity index is 2.30. The van der Waals surface area contributed by atoms with E-state index in [2.05, 4.69) is 4.90 Å². The molecule has 1 aliphatic rings. The average molecular weight is 257 g/mol. The fraction of sp³-hybridized carbons (Fsp3) is 0.846. The maximum Gasteiger partial charge on any atom is 0.320 e. The first-order valence-electron chi connectivity index (χ1n) is 6.72. The van der Waals surface area contributed by atoms with Crippen molar-refractivity contribution in [2.75, 3.05) is 26.3 Å². The third-order valence-corrected chi connectivity index (χ3v) is 3.12. The molecule has 104 valence electrons. The van der Waals surface area contributed by atoms with E-state index in [9.17, 15) is 9.59 Å². The van der Waals surface area contributed by atoms with Crippen LogP contribution in [0.4, 0.5) is 0 Å². The van der Waals surface area contributed by atoms with Crippen molar-refractivity contribution in [3.8, 4) is 0 Å². The summed E-state index contributed by atoms with van der Waals surface area (Å²) in [5.41, 5.74) is 0. The molecule has 1 rings (SSSR count). The van der Waals surface area contributed by atoms with Gasteiger partial charge < -0.3 is 9.47 Å². The highest BCUT2D eigenvalue weighted by atomic mass is 16.5. The molecular formula is C13H23NO4. The fourth-order valence-corrected chi connectivity index (χ4v) is 2.32. The number of esters is 2. The van der Waals surface area contributed by atoms with Crippen LogP contribution in [0.25, 0.3) is 0 Å². The lowest BCUT2D eigenvalue weighted by atomic mass is 10.1. The van der Waals surface area contributed by atoms with Gasteiger partial charge in [0.25, 0.3) is 0 Å². The number of rotatable bonds is 7. The lowest BCUT2D eigenvalue weighted by Gasteiger charge is -2.22. The third-order valence-electron chi connectivity index (χ3n) is 3.12. The molecule has 0 aromatic carbocycles. The second-order valence-electron chi connectivity index (χ2n) is 4.42. The molecule has 0 spiro atoms. The minimum Gasteiger partial charge on any atom is -0.466 e. The smallest absolute Gasteiger partial charge is 0.320 e. The van der Waals surface area contributed by atoms with Gasteiger partial charge in [-0.2, -0.15) is 0 Å². The molecule has 1 heterocycles. The number of nitrogens with zero attached hydrogens (tertiary/aromatic N) is 1. The van der Waals surface area contributed by atoms with E-state index in [0.717, 1.165) is 25.8 Å². The first kappa shape index (κ1) is 15.0. The first-order chi connectivity index (χ1) is 8.67. The number of hydrogen-bond acceptors (Lipinski definition) is 5.